The van der Waals surface area contributed by atoms with Gasteiger partial charge in [-0.25, -0.2) is 4.99 Å². The summed E-state index contributed by atoms with van der Waals surface area (Å²) in [7, 11) is 1.67. The zero-order valence-electron chi connectivity index (χ0n) is 11.3. The number of ether oxygens (including phenoxy) is 1. The van der Waals surface area contributed by atoms with E-state index in [9.17, 15) is 5.11 Å². The molecule has 0 spiro atoms. The fourth-order valence-corrected chi connectivity index (χ4v) is 1.38. The van der Waals surface area contributed by atoms with Crippen LogP contribution in [0.15, 0.2) is 29.3 Å². The number of aromatic hydroxyl groups is 1. The van der Waals surface area contributed by atoms with Crippen LogP contribution in [0.2, 0.25) is 0 Å². The van der Waals surface area contributed by atoms with Crippen molar-refractivity contribution >= 4 is 29.9 Å². The number of nitrogens with zero attached hydrogens (tertiary/aromatic N) is 1. The van der Waals surface area contributed by atoms with Gasteiger partial charge in [0.25, 0.3) is 0 Å². The Balaban J connectivity index is 0.00000324. The summed E-state index contributed by atoms with van der Waals surface area (Å²) in [6.07, 6.45) is 0. The third kappa shape index (κ3) is 7.89. The molecule has 0 aliphatic heterocycles. The van der Waals surface area contributed by atoms with Gasteiger partial charge in [0.15, 0.2) is 5.96 Å². The van der Waals surface area contributed by atoms with Crippen LogP contribution in [0.5, 0.6) is 5.75 Å². The fourth-order valence-electron chi connectivity index (χ4n) is 1.38. The van der Waals surface area contributed by atoms with Gasteiger partial charge in [-0.3, -0.25) is 0 Å². The highest BCUT2D eigenvalue weighted by Gasteiger charge is 1.97. The summed E-state index contributed by atoms with van der Waals surface area (Å²) in [4.78, 5) is 4.44. The Kier molecular flexibility index (Phi) is 10.3. The number of guanidine groups is 1. The lowest BCUT2D eigenvalue weighted by molar-refractivity contribution is 0.203. The van der Waals surface area contributed by atoms with Crippen LogP contribution in [-0.2, 0) is 11.3 Å². The number of aliphatic imine (C=N–C) groups is 1. The molecule has 0 unspecified atom stereocenters. The highest BCUT2D eigenvalue weighted by Crippen LogP contribution is 2.10. The van der Waals surface area contributed by atoms with E-state index in [4.69, 9.17) is 4.74 Å². The van der Waals surface area contributed by atoms with Crippen molar-refractivity contribution in [2.45, 2.75) is 13.5 Å². The van der Waals surface area contributed by atoms with Gasteiger partial charge in [-0.1, -0.05) is 12.1 Å². The second kappa shape index (κ2) is 10.9. The third-order valence-electron chi connectivity index (χ3n) is 2.30. The van der Waals surface area contributed by atoms with Crippen molar-refractivity contribution in [1.29, 1.82) is 0 Å². The minimum absolute atomic E-state index is 0. The summed E-state index contributed by atoms with van der Waals surface area (Å²) in [5.74, 6) is 1.04. The van der Waals surface area contributed by atoms with Crippen LogP contribution in [0.1, 0.15) is 12.5 Å². The highest BCUT2D eigenvalue weighted by molar-refractivity contribution is 14.0. The summed E-state index contributed by atoms with van der Waals surface area (Å²) in [5.41, 5.74) is 1.05. The molecule has 5 nitrogen and oxygen atoms in total. The number of rotatable bonds is 6. The van der Waals surface area contributed by atoms with Gasteiger partial charge in [-0.2, -0.15) is 0 Å². The largest absolute Gasteiger partial charge is 0.508 e. The molecule has 0 aliphatic carbocycles. The van der Waals surface area contributed by atoms with E-state index in [0.717, 1.165) is 24.6 Å². The highest BCUT2D eigenvalue weighted by atomic mass is 127. The summed E-state index contributed by atoms with van der Waals surface area (Å²) in [6.45, 7) is 4.77. The Labute approximate surface area is 131 Å². The third-order valence-corrected chi connectivity index (χ3v) is 2.30. The molecule has 19 heavy (non-hydrogen) atoms. The molecule has 1 aromatic rings. The van der Waals surface area contributed by atoms with Crippen LogP contribution in [0, 0.1) is 0 Å². The Morgan fingerprint density at radius 3 is 2.53 bits per heavy atom. The van der Waals surface area contributed by atoms with E-state index in [1.807, 2.05) is 19.1 Å². The number of nitrogens with one attached hydrogen (secondary N) is 2. The van der Waals surface area contributed by atoms with Crippen LogP contribution in [0.25, 0.3) is 0 Å². The molecule has 0 radical (unpaired) electrons. The van der Waals surface area contributed by atoms with E-state index in [1.54, 1.807) is 19.2 Å². The van der Waals surface area contributed by atoms with Crippen molar-refractivity contribution in [1.82, 2.24) is 10.6 Å². The molecule has 0 heterocycles. The van der Waals surface area contributed by atoms with E-state index in [0.29, 0.717) is 13.2 Å². The topological polar surface area (TPSA) is 65.9 Å². The minimum atomic E-state index is 0. The normalized spacial score (nSPS) is 10.7. The molecular formula is C13H22IN3O2. The monoisotopic (exact) mass is 379 g/mol. The molecule has 3 N–H and O–H groups in total. The van der Waals surface area contributed by atoms with E-state index in [1.165, 1.54) is 0 Å². The predicted molar refractivity (Wildman–Crippen MR) is 88.2 cm³/mol. The summed E-state index contributed by atoms with van der Waals surface area (Å²) in [5, 5.41) is 15.5. The molecule has 0 atom stereocenters. The molecule has 0 bridgehead atoms. The lowest BCUT2D eigenvalue weighted by Gasteiger charge is -2.10. The Bertz CT molecular complexity index is 369. The zero-order valence-corrected chi connectivity index (χ0v) is 13.7. The summed E-state index contributed by atoms with van der Waals surface area (Å²) < 4.78 is 4.97. The number of hydrogen-bond donors (Lipinski definition) is 3. The molecule has 0 fully saturated rings. The van der Waals surface area contributed by atoms with Crippen molar-refractivity contribution < 1.29 is 9.84 Å². The van der Waals surface area contributed by atoms with Gasteiger partial charge in [-0.05, 0) is 24.6 Å². The van der Waals surface area contributed by atoms with Crippen molar-refractivity contribution in [2.75, 3.05) is 26.8 Å². The van der Waals surface area contributed by atoms with E-state index in [2.05, 4.69) is 15.6 Å². The number of hydrogen-bond acceptors (Lipinski definition) is 3. The first-order chi connectivity index (χ1) is 8.76. The quantitative estimate of drug-likeness (QED) is 0.305. The molecule has 0 aromatic heterocycles. The zero-order chi connectivity index (χ0) is 13.2. The average Bonchev–Trinajstić information content (AvgIpc) is 2.38. The number of halogens is 1. The first kappa shape index (κ1) is 18.0. The van der Waals surface area contributed by atoms with Gasteiger partial charge in [0.05, 0.1) is 13.2 Å². The van der Waals surface area contributed by atoms with Crippen molar-refractivity contribution in [3.8, 4) is 5.75 Å². The number of methoxy groups -OCH3 is 1. The SMILES string of the molecule is CCNC(=NCc1ccc(O)cc1)NCCOC.I. The Hall–Kier alpha value is -1.02. The van der Waals surface area contributed by atoms with Crippen LogP contribution in [0.3, 0.4) is 0 Å². The average molecular weight is 379 g/mol. The van der Waals surface area contributed by atoms with Crippen molar-refractivity contribution in [3.63, 3.8) is 0 Å². The van der Waals surface area contributed by atoms with Crippen LogP contribution in [0.4, 0.5) is 0 Å². The van der Waals surface area contributed by atoms with Gasteiger partial charge < -0.3 is 20.5 Å². The molecule has 108 valence electrons. The van der Waals surface area contributed by atoms with Gasteiger partial charge in [0.2, 0.25) is 0 Å². The molecule has 0 amide bonds. The lowest BCUT2D eigenvalue weighted by atomic mass is 10.2. The van der Waals surface area contributed by atoms with E-state index < -0.39 is 0 Å². The first-order valence-corrected chi connectivity index (χ1v) is 6.05. The van der Waals surface area contributed by atoms with Gasteiger partial charge in [0.1, 0.15) is 5.75 Å². The Morgan fingerprint density at radius 1 is 1.26 bits per heavy atom. The standard InChI is InChI=1S/C13H21N3O2.HI/c1-3-14-13(15-8-9-18-2)16-10-11-4-6-12(17)7-5-11;/h4-7,17H,3,8-10H2,1-2H3,(H2,14,15,16);1H. The maximum absolute atomic E-state index is 9.19. The predicted octanol–water partition coefficient (Wildman–Crippen LogP) is 1.71. The summed E-state index contributed by atoms with van der Waals surface area (Å²) >= 11 is 0. The van der Waals surface area contributed by atoms with E-state index >= 15 is 0 Å². The molecule has 6 heteroatoms. The molecule has 0 saturated carbocycles. The molecule has 1 rings (SSSR count). The molecule has 1 aromatic carbocycles. The van der Waals surface area contributed by atoms with Crippen molar-refractivity contribution in [2.24, 2.45) is 4.99 Å². The van der Waals surface area contributed by atoms with Gasteiger partial charge >= 0.3 is 0 Å². The van der Waals surface area contributed by atoms with E-state index in [-0.39, 0.29) is 29.7 Å². The summed E-state index contributed by atoms with van der Waals surface area (Å²) in [6, 6.07) is 7.04. The van der Waals surface area contributed by atoms with Crippen LogP contribution < -0.4 is 10.6 Å². The first-order valence-electron chi connectivity index (χ1n) is 6.05. The smallest absolute Gasteiger partial charge is 0.191 e. The maximum Gasteiger partial charge on any atom is 0.191 e. The van der Waals surface area contributed by atoms with Crippen molar-refractivity contribution in [3.05, 3.63) is 29.8 Å². The van der Waals surface area contributed by atoms with Crippen LogP contribution in [-0.4, -0.2) is 37.9 Å². The van der Waals surface area contributed by atoms with Gasteiger partial charge in [0, 0.05) is 20.2 Å². The number of phenolic OH excluding ortho intramolecular Hbond substituents is 1. The molecule has 0 aliphatic rings. The van der Waals surface area contributed by atoms with Gasteiger partial charge in [-0.15, -0.1) is 24.0 Å². The minimum Gasteiger partial charge on any atom is -0.508 e. The van der Waals surface area contributed by atoms with Crippen LogP contribution >= 0.6 is 24.0 Å². The second-order valence-electron chi connectivity index (χ2n) is 3.78. The molecule has 0 saturated heterocycles. The fraction of sp³-hybridized carbons (Fsp3) is 0.462. The lowest BCUT2D eigenvalue weighted by Crippen LogP contribution is -2.38. The second-order valence-corrected chi connectivity index (χ2v) is 3.78. The number of phenols is 1. The maximum atomic E-state index is 9.19. The molecular weight excluding hydrogens is 357 g/mol. The Morgan fingerprint density at radius 2 is 1.95 bits per heavy atom. The number of benzene rings is 1.